The summed E-state index contributed by atoms with van der Waals surface area (Å²) in [5.41, 5.74) is 2.24. The smallest absolute Gasteiger partial charge is 0.171 e. The maximum absolute atomic E-state index is 10.0. The van der Waals surface area contributed by atoms with Gasteiger partial charge < -0.3 is 14.7 Å². The minimum Gasteiger partial charge on any atom is -0.504 e. The molecule has 1 saturated heterocycles. The number of methoxy groups -OCH3 is 1. The van der Waals surface area contributed by atoms with Crippen LogP contribution in [0.15, 0.2) is 12.1 Å². The number of likely N-dealkylation sites (tertiary alicyclic amines) is 1. The molecule has 0 aromatic heterocycles. The van der Waals surface area contributed by atoms with Crippen molar-refractivity contribution in [2.45, 2.75) is 52.6 Å². The summed E-state index contributed by atoms with van der Waals surface area (Å²) in [6, 6.07) is 4.87. The van der Waals surface area contributed by atoms with E-state index in [-0.39, 0.29) is 5.75 Å². The highest BCUT2D eigenvalue weighted by Gasteiger charge is 2.52. The Bertz CT molecular complexity index is 587. The number of aromatic hydroxyl groups is 1. The second-order valence-corrected chi connectivity index (χ2v) is 9.56. The van der Waals surface area contributed by atoms with Crippen LogP contribution in [0.5, 0.6) is 11.5 Å². The van der Waals surface area contributed by atoms with Gasteiger partial charge in [-0.25, -0.2) is 0 Å². The molecule has 3 nitrogen and oxygen atoms in total. The Morgan fingerprint density at radius 1 is 1.32 bits per heavy atom. The number of halogens is 1. The van der Waals surface area contributed by atoms with Crippen molar-refractivity contribution in [3.8, 4) is 11.5 Å². The number of phenolic OH excluding ortho intramolecular Hbond substituents is 1. The van der Waals surface area contributed by atoms with E-state index in [0.29, 0.717) is 16.6 Å². The maximum Gasteiger partial charge on any atom is 0.171 e. The van der Waals surface area contributed by atoms with Crippen molar-refractivity contribution in [3.63, 3.8) is 0 Å². The topological polar surface area (TPSA) is 33.9 Å². The number of fused-ring (bicyclic) bond motifs is 2. The molecule has 2 fully saturated rings. The van der Waals surface area contributed by atoms with Crippen molar-refractivity contribution >= 4 is 22.6 Å². The monoisotopic (exact) mass is 416 g/mol. The highest BCUT2D eigenvalue weighted by molar-refractivity contribution is 14.1. The Hall–Kier alpha value is -0.490. The molecule has 0 spiro atoms. The zero-order valence-electron chi connectivity index (χ0n) is 14.0. The number of nitrogens with one attached hydrogen (secondary N) is 1. The third kappa shape index (κ3) is 3.09. The van der Waals surface area contributed by atoms with Crippen LogP contribution >= 0.6 is 22.6 Å². The van der Waals surface area contributed by atoms with E-state index in [1.165, 1.54) is 31.4 Å². The number of benzene rings is 1. The number of phenols is 1. The molecule has 1 saturated carbocycles. The lowest BCUT2D eigenvalue weighted by Gasteiger charge is -2.37. The Morgan fingerprint density at radius 2 is 2.05 bits per heavy atom. The first-order valence-corrected chi connectivity index (χ1v) is 9.19. The summed E-state index contributed by atoms with van der Waals surface area (Å²) in [7, 11) is 1.62. The summed E-state index contributed by atoms with van der Waals surface area (Å²) in [4.78, 5) is 1.71. The van der Waals surface area contributed by atoms with Crippen LogP contribution in [0.1, 0.15) is 45.6 Å². The lowest BCUT2D eigenvalue weighted by atomic mass is 9.65. The maximum atomic E-state index is 10.0. The first-order chi connectivity index (χ1) is 10.2. The zero-order valence-corrected chi connectivity index (χ0v) is 16.2. The molecule has 0 radical (unpaired) electrons. The number of hydrogen-bond acceptors (Lipinski definition) is 2. The van der Waals surface area contributed by atoms with E-state index in [4.69, 9.17) is 4.74 Å². The van der Waals surface area contributed by atoms with E-state index in [0.717, 1.165) is 16.2 Å². The molecule has 22 heavy (non-hydrogen) atoms. The van der Waals surface area contributed by atoms with Gasteiger partial charge in [0.25, 0.3) is 0 Å². The molecule has 1 aromatic carbocycles. The van der Waals surface area contributed by atoms with Gasteiger partial charge in [0, 0.05) is 23.8 Å². The van der Waals surface area contributed by atoms with Gasteiger partial charge in [0.15, 0.2) is 11.5 Å². The molecule has 2 bridgehead atoms. The van der Waals surface area contributed by atoms with Gasteiger partial charge in [-0.05, 0) is 46.6 Å². The average Bonchev–Trinajstić information content (AvgIpc) is 2.62. The fourth-order valence-electron chi connectivity index (χ4n) is 5.10. The minimum absolute atomic E-state index is 0.259. The molecular weight excluding hydrogens is 389 g/mol. The van der Waals surface area contributed by atoms with Crippen LogP contribution in [-0.2, 0) is 6.54 Å². The van der Waals surface area contributed by atoms with Crippen molar-refractivity contribution in [1.29, 1.82) is 0 Å². The molecule has 1 aliphatic carbocycles. The number of hydrogen-bond donors (Lipinski definition) is 2. The number of quaternary nitrogens is 1. The lowest BCUT2D eigenvalue weighted by Crippen LogP contribution is -3.12. The molecule has 0 amide bonds. The van der Waals surface area contributed by atoms with Crippen molar-refractivity contribution in [2.24, 2.45) is 10.8 Å². The van der Waals surface area contributed by atoms with E-state index in [9.17, 15) is 5.11 Å². The third-order valence-electron chi connectivity index (χ3n) is 5.41. The number of rotatable bonds is 3. The van der Waals surface area contributed by atoms with Gasteiger partial charge in [-0.1, -0.05) is 20.8 Å². The van der Waals surface area contributed by atoms with Gasteiger partial charge in [0.05, 0.1) is 23.3 Å². The van der Waals surface area contributed by atoms with Crippen LogP contribution in [0.3, 0.4) is 0 Å². The first kappa shape index (κ1) is 16.4. The summed E-state index contributed by atoms with van der Waals surface area (Å²) in [6.07, 6.45) is 4.03. The average molecular weight is 416 g/mol. The second-order valence-electron chi connectivity index (χ2n) is 8.40. The van der Waals surface area contributed by atoms with E-state index in [2.05, 4.69) is 49.4 Å². The molecule has 2 N–H and O–H groups in total. The summed E-state index contributed by atoms with van der Waals surface area (Å²) in [5.74, 6) is 0.852. The zero-order chi connectivity index (χ0) is 16.1. The van der Waals surface area contributed by atoms with Crippen LogP contribution in [0.4, 0.5) is 0 Å². The van der Waals surface area contributed by atoms with Gasteiger partial charge in [0.1, 0.15) is 6.54 Å². The Balaban J connectivity index is 1.81. The van der Waals surface area contributed by atoms with Crippen molar-refractivity contribution < 1.29 is 14.7 Å². The van der Waals surface area contributed by atoms with Crippen LogP contribution in [-0.4, -0.2) is 24.8 Å². The van der Waals surface area contributed by atoms with Gasteiger partial charge in [-0.15, -0.1) is 0 Å². The summed E-state index contributed by atoms with van der Waals surface area (Å²) >= 11 is 2.19. The van der Waals surface area contributed by atoms with Crippen LogP contribution in [0.25, 0.3) is 0 Å². The summed E-state index contributed by atoms with van der Waals surface area (Å²) in [5, 5.41) is 10.0. The minimum atomic E-state index is 0.259. The molecule has 3 atom stereocenters. The summed E-state index contributed by atoms with van der Waals surface area (Å²) < 4.78 is 6.18. The fraction of sp³-hybridized carbons (Fsp3) is 0.667. The van der Waals surface area contributed by atoms with Crippen LogP contribution in [0.2, 0.25) is 0 Å². The van der Waals surface area contributed by atoms with E-state index < -0.39 is 0 Å². The second kappa shape index (κ2) is 5.55. The predicted molar refractivity (Wildman–Crippen MR) is 96.4 cm³/mol. The van der Waals surface area contributed by atoms with E-state index >= 15 is 0 Å². The normalized spacial score (nSPS) is 33.0. The van der Waals surface area contributed by atoms with Gasteiger partial charge in [-0.3, -0.25) is 0 Å². The van der Waals surface area contributed by atoms with E-state index in [1.807, 2.05) is 6.07 Å². The summed E-state index contributed by atoms with van der Waals surface area (Å²) in [6.45, 7) is 9.61. The molecule has 2 aliphatic rings. The largest absolute Gasteiger partial charge is 0.504 e. The molecule has 1 aromatic rings. The molecular formula is C18H27INO2+. The quantitative estimate of drug-likeness (QED) is 0.744. The Labute approximate surface area is 147 Å². The lowest BCUT2D eigenvalue weighted by molar-refractivity contribution is -0.928. The van der Waals surface area contributed by atoms with Crippen molar-refractivity contribution in [2.75, 3.05) is 13.7 Å². The molecule has 122 valence electrons. The highest BCUT2D eigenvalue weighted by Crippen LogP contribution is 2.47. The molecule has 3 rings (SSSR count). The predicted octanol–water partition coefficient (Wildman–Crippen LogP) is 2.99. The number of ether oxygens (including phenoxy) is 1. The third-order valence-corrected chi connectivity index (χ3v) is 6.24. The van der Waals surface area contributed by atoms with Crippen LogP contribution in [0, 0.1) is 14.4 Å². The highest BCUT2D eigenvalue weighted by atomic mass is 127. The molecule has 1 unspecified atom stereocenters. The fourth-order valence-corrected chi connectivity index (χ4v) is 5.77. The Kier molecular flexibility index (Phi) is 4.13. The molecule has 4 heteroatoms. The van der Waals surface area contributed by atoms with Crippen molar-refractivity contribution in [3.05, 3.63) is 21.3 Å². The molecule has 1 aliphatic heterocycles. The van der Waals surface area contributed by atoms with Gasteiger partial charge in [0.2, 0.25) is 0 Å². The van der Waals surface area contributed by atoms with Crippen molar-refractivity contribution in [1.82, 2.24) is 0 Å². The molecule has 1 heterocycles. The van der Waals surface area contributed by atoms with Gasteiger partial charge in [-0.2, -0.15) is 0 Å². The SMILES string of the molecule is COc1cc(C[NH+]2C[C@]3(C)C[C@H]2CC(C)(C)C3)cc(I)c1O. The standard InChI is InChI=1S/C18H26INO2/c1-17(2)7-13-8-18(3,10-17)11-20(13)9-12-5-14(19)16(21)15(6-12)22-4/h5-6,13,21H,7-11H2,1-4H3/p+1/t13-,18-/m1/s1. The Morgan fingerprint density at radius 3 is 2.73 bits per heavy atom. The van der Waals surface area contributed by atoms with E-state index in [1.54, 1.807) is 12.0 Å². The first-order valence-electron chi connectivity index (χ1n) is 8.11. The van der Waals surface area contributed by atoms with Gasteiger partial charge >= 0.3 is 0 Å². The van der Waals surface area contributed by atoms with Crippen LogP contribution < -0.4 is 9.64 Å².